The molecule has 0 saturated carbocycles. The van der Waals surface area contributed by atoms with Gasteiger partial charge in [0.1, 0.15) is 11.6 Å². The monoisotopic (exact) mass is 493 g/mol. The van der Waals surface area contributed by atoms with E-state index in [1.165, 1.54) is 10.0 Å². The van der Waals surface area contributed by atoms with Gasteiger partial charge in [-0.2, -0.15) is 0 Å². The number of fused-ring (bicyclic) bond motifs is 1. The van der Waals surface area contributed by atoms with Gasteiger partial charge >= 0.3 is 6.09 Å². The number of hydrogen-bond donors (Lipinski definition) is 0. The number of rotatable bonds is 6. The Kier molecular flexibility index (Phi) is 7.40. The largest absolute Gasteiger partial charge is 0.442 e. The summed E-state index contributed by atoms with van der Waals surface area (Å²) in [5.74, 6) is -1.68. The number of ether oxygens (including phenoxy) is 2. The topological polar surface area (TPSA) is 96.5 Å². The van der Waals surface area contributed by atoms with Crippen molar-refractivity contribution in [3.05, 3.63) is 71.3 Å². The molecule has 9 heteroatoms. The summed E-state index contributed by atoms with van der Waals surface area (Å²) >= 11 is 0. The highest BCUT2D eigenvalue weighted by Crippen LogP contribution is 2.27. The zero-order valence-corrected chi connectivity index (χ0v) is 20.8. The van der Waals surface area contributed by atoms with Gasteiger partial charge in [-0.25, -0.2) is 14.8 Å². The summed E-state index contributed by atoms with van der Waals surface area (Å²) in [6, 6.07) is 14.6. The Balaban J connectivity index is 1.61. The molecule has 0 spiro atoms. The number of carbonyl (C=O) groups excluding carboxylic acids is 4. The summed E-state index contributed by atoms with van der Waals surface area (Å²) in [6.07, 6.45) is 0.720. The Labute approximate surface area is 210 Å². The maximum atomic E-state index is 13.9. The van der Waals surface area contributed by atoms with Crippen LogP contribution in [-0.4, -0.2) is 70.1 Å². The SMILES string of the molecule is CC(C)(C)OC(=O)N1CCCCN1C(=O)[C@H](COCc1ccccc1)N1C(=O)c2ccccc2C1=O. The van der Waals surface area contributed by atoms with Crippen LogP contribution in [0.25, 0.3) is 0 Å². The molecule has 4 amide bonds. The number of carbonyl (C=O) groups is 4. The molecular formula is C27H31N3O6. The van der Waals surface area contributed by atoms with E-state index in [1.54, 1.807) is 45.0 Å². The van der Waals surface area contributed by atoms with Crippen LogP contribution in [0.5, 0.6) is 0 Å². The van der Waals surface area contributed by atoms with E-state index in [1.807, 2.05) is 30.3 Å². The fourth-order valence-electron chi connectivity index (χ4n) is 4.28. The predicted octanol–water partition coefficient (Wildman–Crippen LogP) is 3.64. The third-order valence-electron chi connectivity index (χ3n) is 5.95. The smallest absolute Gasteiger partial charge is 0.429 e. The lowest BCUT2D eigenvalue weighted by atomic mass is 10.1. The van der Waals surface area contributed by atoms with Gasteiger partial charge in [0.15, 0.2) is 0 Å². The number of amides is 4. The Morgan fingerprint density at radius 1 is 0.861 bits per heavy atom. The molecule has 2 aromatic rings. The van der Waals surface area contributed by atoms with Crippen molar-refractivity contribution in [2.75, 3.05) is 19.7 Å². The van der Waals surface area contributed by atoms with Crippen molar-refractivity contribution < 1.29 is 28.7 Å². The molecule has 0 radical (unpaired) electrons. The van der Waals surface area contributed by atoms with E-state index in [-0.39, 0.29) is 30.9 Å². The molecule has 36 heavy (non-hydrogen) atoms. The van der Waals surface area contributed by atoms with E-state index >= 15 is 0 Å². The van der Waals surface area contributed by atoms with Gasteiger partial charge < -0.3 is 9.47 Å². The first kappa shape index (κ1) is 25.4. The molecule has 0 aliphatic carbocycles. The van der Waals surface area contributed by atoms with Crippen LogP contribution in [0.2, 0.25) is 0 Å². The molecule has 0 N–H and O–H groups in total. The van der Waals surface area contributed by atoms with E-state index in [9.17, 15) is 19.2 Å². The maximum Gasteiger partial charge on any atom is 0.429 e. The maximum absolute atomic E-state index is 13.9. The van der Waals surface area contributed by atoms with Crippen molar-refractivity contribution in [1.82, 2.24) is 14.9 Å². The Morgan fingerprint density at radius 3 is 2.00 bits per heavy atom. The highest BCUT2D eigenvalue weighted by Gasteiger charge is 2.46. The van der Waals surface area contributed by atoms with Crippen molar-refractivity contribution in [3.63, 3.8) is 0 Å². The molecule has 190 valence electrons. The van der Waals surface area contributed by atoms with E-state index in [0.717, 1.165) is 10.5 Å². The van der Waals surface area contributed by atoms with E-state index in [2.05, 4.69) is 0 Å². The van der Waals surface area contributed by atoms with Crippen LogP contribution in [0.3, 0.4) is 0 Å². The Hall–Kier alpha value is -3.72. The molecule has 2 heterocycles. The minimum absolute atomic E-state index is 0.198. The highest BCUT2D eigenvalue weighted by atomic mass is 16.6. The van der Waals surface area contributed by atoms with Crippen LogP contribution in [0.15, 0.2) is 54.6 Å². The Bertz CT molecular complexity index is 1110. The third kappa shape index (κ3) is 5.41. The zero-order valence-electron chi connectivity index (χ0n) is 20.8. The lowest BCUT2D eigenvalue weighted by molar-refractivity contribution is -0.157. The summed E-state index contributed by atoms with van der Waals surface area (Å²) < 4.78 is 11.4. The van der Waals surface area contributed by atoms with Gasteiger partial charge in [0.2, 0.25) is 0 Å². The fourth-order valence-corrected chi connectivity index (χ4v) is 4.28. The molecule has 2 aliphatic rings. The number of benzene rings is 2. The lowest BCUT2D eigenvalue weighted by Crippen LogP contribution is -2.61. The molecule has 2 aliphatic heterocycles. The average Bonchev–Trinajstić information content (AvgIpc) is 3.11. The van der Waals surface area contributed by atoms with Gasteiger partial charge in [-0.3, -0.25) is 19.3 Å². The second kappa shape index (κ2) is 10.5. The summed E-state index contributed by atoms with van der Waals surface area (Å²) in [6.45, 7) is 5.79. The van der Waals surface area contributed by atoms with Crippen LogP contribution >= 0.6 is 0 Å². The summed E-state index contributed by atoms with van der Waals surface area (Å²) in [5.41, 5.74) is 0.626. The van der Waals surface area contributed by atoms with Crippen molar-refractivity contribution >= 4 is 23.8 Å². The molecule has 0 bridgehead atoms. The molecule has 0 unspecified atom stereocenters. The molecule has 0 aromatic heterocycles. The number of hydrogen-bond acceptors (Lipinski definition) is 6. The second-order valence-electron chi connectivity index (χ2n) is 9.81. The number of imide groups is 1. The highest BCUT2D eigenvalue weighted by molar-refractivity contribution is 6.22. The summed E-state index contributed by atoms with van der Waals surface area (Å²) in [4.78, 5) is 54.3. The van der Waals surface area contributed by atoms with Crippen LogP contribution in [-0.2, 0) is 20.9 Å². The van der Waals surface area contributed by atoms with E-state index in [4.69, 9.17) is 9.47 Å². The van der Waals surface area contributed by atoms with Gasteiger partial charge in [-0.1, -0.05) is 42.5 Å². The van der Waals surface area contributed by atoms with Crippen molar-refractivity contribution in [3.8, 4) is 0 Å². The minimum Gasteiger partial charge on any atom is -0.442 e. The molecular weight excluding hydrogens is 462 g/mol. The molecule has 1 saturated heterocycles. The zero-order chi connectivity index (χ0) is 25.9. The minimum atomic E-state index is -1.25. The van der Waals surface area contributed by atoms with Crippen LogP contribution in [0.1, 0.15) is 59.9 Å². The van der Waals surface area contributed by atoms with Crippen molar-refractivity contribution in [1.29, 1.82) is 0 Å². The second-order valence-corrected chi connectivity index (χ2v) is 9.81. The third-order valence-corrected chi connectivity index (χ3v) is 5.95. The normalized spacial score (nSPS) is 16.7. The molecule has 1 atom stereocenters. The standard InChI is InChI=1S/C27H31N3O6/c1-27(2,3)36-26(34)29-16-10-9-15-28(29)25(33)22(18-35-17-19-11-5-4-6-12-19)30-23(31)20-13-7-8-14-21(20)24(30)32/h4-8,11-14,22H,9-10,15-18H2,1-3H3/t22-/m0/s1. The van der Waals surface area contributed by atoms with E-state index < -0.39 is 35.5 Å². The fraction of sp³-hybridized carbons (Fsp3) is 0.407. The van der Waals surface area contributed by atoms with Crippen LogP contribution in [0, 0.1) is 0 Å². The molecule has 4 rings (SSSR count). The predicted molar refractivity (Wildman–Crippen MR) is 131 cm³/mol. The first-order chi connectivity index (χ1) is 17.2. The van der Waals surface area contributed by atoms with Crippen molar-refractivity contribution in [2.24, 2.45) is 0 Å². The Morgan fingerprint density at radius 2 is 1.42 bits per heavy atom. The van der Waals surface area contributed by atoms with Gasteiger partial charge in [0, 0.05) is 13.1 Å². The summed E-state index contributed by atoms with van der Waals surface area (Å²) in [5, 5.41) is 2.55. The lowest BCUT2D eigenvalue weighted by Gasteiger charge is -2.41. The first-order valence-corrected chi connectivity index (χ1v) is 12.1. The molecule has 2 aromatic carbocycles. The van der Waals surface area contributed by atoms with Gasteiger partial charge in [-0.05, 0) is 51.3 Å². The van der Waals surface area contributed by atoms with Gasteiger partial charge in [0.25, 0.3) is 17.7 Å². The van der Waals surface area contributed by atoms with Crippen molar-refractivity contribution in [2.45, 2.75) is 51.9 Å². The van der Waals surface area contributed by atoms with Gasteiger partial charge in [0.05, 0.1) is 24.3 Å². The summed E-state index contributed by atoms with van der Waals surface area (Å²) in [7, 11) is 0. The number of nitrogens with zero attached hydrogens (tertiary/aromatic N) is 3. The van der Waals surface area contributed by atoms with Crippen LogP contribution < -0.4 is 0 Å². The van der Waals surface area contributed by atoms with Gasteiger partial charge in [-0.15, -0.1) is 0 Å². The quantitative estimate of drug-likeness (QED) is 0.570. The number of hydrazine groups is 1. The average molecular weight is 494 g/mol. The molecule has 1 fully saturated rings. The van der Waals surface area contributed by atoms with Crippen LogP contribution in [0.4, 0.5) is 4.79 Å². The first-order valence-electron chi connectivity index (χ1n) is 12.1. The molecule has 9 nitrogen and oxygen atoms in total. The van der Waals surface area contributed by atoms with E-state index in [0.29, 0.717) is 19.4 Å².